The summed E-state index contributed by atoms with van der Waals surface area (Å²) in [6, 6.07) is 0. The second-order valence-corrected chi connectivity index (χ2v) is 12.3. The van der Waals surface area contributed by atoms with Gasteiger partial charge in [-0.3, -0.25) is 0 Å². The summed E-state index contributed by atoms with van der Waals surface area (Å²) in [5.74, 6) is 0. The van der Waals surface area contributed by atoms with Crippen molar-refractivity contribution in [2.45, 2.75) is 135 Å². The monoisotopic (exact) mass is 514 g/mol. The van der Waals surface area contributed by atoms with Crippen LogP contribution in [-0.2, 0) is 0 Å². The van der Waals surface area contributed by atoms with Crippen molar-refractivity contribution in [2.24, 2.45) is 0 Å². The van der Waals surface area contributed by atoms with Crippen LogP contribution in [0.15, 0.2) is 58.8 Å². The predicted octanol–water partition coefficient (Wildman–Crippen LogP) is 10.4. The van der Waals surface area contributed by atoms with Gasteiger partial charge >= 0.3 is 0 Å². The van der Waals surface area contributed by atoms with E-state index < -0.39 is 0 Å². The molecule has 0 atom stereocenters. The van der Waals surface area contributed by atoms with Crippen molar-refractivity contribution in [1.82, 2.24) is 10.6 Å². The lowest BCUT2D eigenvalue weighted by Gasteiger charge is -2.17. The molecule has 0 aromatic heterocycles. The molecule has 206 valence electrons. The molecule has 0 unspecified atom stereocenters. The van der Waals surface area contributed by atoms with Crippen LogP contribution in [0.2, 0.25) is 0 Å². The Morgan fingerprint density at radius 3 is 1.78 bits per heavy atom. The number of allylic oxidation sites excluding steroid dienone is 6. The predicted molar refractivity (Wildman–Crippen MR) is 166 cm³/mol. The zero-order chi connectivity index (χ0) is 26.4. The molecule has 0 bridgehead atoms. The van der Waals surface area contributed by atoms with E-state index in [1.807, 2.05) is 18.8 Å². The van der Waals surface area contributed by atoms with E-state index in [0.717, 1.165) is 35.5 Å². The maximum absolute atomic E-state index is 4.36. The third kappa shape index (κ3) is 15.7. The van der Waals surface area contributed by atoms with E-state index in [9.17, 15) is 0 Å². The van der Waals surface area contributed by atoms with Crippen LogP contribution in [0, 0.1) is 0 Å². The number of nitrogens with one attached hydrogen (secondary N) is 2. The van der Waals surface area contributed by atoms with Gasteiger partial charge in [0, 0.05) is 35.8 Å². The summed E-state index contributed by atoms with van der Waals surface area (Å²) in [6.45, 7) is 16.4. The summed E-state index contributed by atoms with van der Waals surface area (Å²) in [5, 5.41) is 7.46. The molecule has 2 N–H and O–H groups in total. The van der Waals surface area contributed by atoms with Gasteiger partial charge < -0.3 is 10.6 Å². The van der Waals surface area contributed by atoms with Crippen LogP contribution in [0.3, 0.4) is 0 Å². The van der Waals surface area contributed by atoms with Gasteiger partial charge in [-0.2, -0.15) is 0 Å². The maximum Gasteiger partial charge on any atom is 0.0414 e. The summed E-state index contributed by atoms with van der Waals surface area (Å²) in [4.78, 5) is 1.40. The van der Waals surface area contributed by atoms with Crippen LogP contribution in [0.5, 0.6) is 0 Å². The highest BCUT2D eigenvalue weighted by atomic mass is 32.2. The largest absolute Gasteiger partial charge is 0.388 e. The Morgan fingerprint density at radius 1 is 0.806 bits per heavy atom. The fourth-order valence-electron chi connectivity index (χ4n) is 4.72. The van der Waals surface area contributed by atoms with Crippen LogP contribution >= 0.6 is 11.8 Å². The molecular formula is C33H58N2S. The third-order valence-corrected chi connectivity index (χ3v) is 8.02. The molecule has 0 saturated carbocycles. The van der Waals surface area contributed by atoms with Gasteiger partial charge in [-0.1, -0.05) is 142 Å². The molecule has 1 aliphatic rings. The van der Waals surface area contributed by atoms with Crippen LogP contribution < -0.4 is 10.6 Å². The number of unbranched alkanes of at least 4 members (excludes halogenated alkanes) is 15. The van der Waals surface area contributed by atoms with Crippen molar-refractivity contribution < 1.29 is 0 Å². The van der Waals surface area contributed by atoms with Crippen LogP contribution in [0.4, 0.5) is 0 Å². The molecule has 3 heteroatoms. The van der Waals surface area contributed by atoms with Crippen LogP contribution in [0.25, 0.3) is 0 Å². The first kappa shape index (κ1) is 32.7. The van der Waals surface area contributed by atoms with Gasteiger partial charge in [0.1, 0.15) is 0 Å². The van der Waals surface area contributed by atoms with Crippen molar-refractivity contribution in [3.63, 3.8) is 0 Å². The smallest absolute Gasteiger partial charge is 0.0414 e. The zero-order valence-electron chi connectivity index (χ0n) is 24.4. The number of thioether (sulfide) groups is 1. The van der Waals surface area contributed by atoms with E-state index in [-0.39, 0.29) is 0 Å². The van der Waals surface area contributed by atoms with E-state index in [4.69, 9.17) is 0 Å². The van der Waals surface area contributed by atoms with E-state index in [1.165, 1.54) is 108 Å². The Balaban J connectivity index is 2.07. The second-order valence-electron chi connectivity index (χ2n) is 10.6. The van der Waals surface area contributed by atoms with Crippen molar-refractivity contribution in [3.05, 3.63) is 58.8 Å². The van der Waals surface area contributed by atoms with Crippen molar-refractivity contribution >= 4 is 11.8 Å². The van der Waals surface area contributed by atoms with Gasteiger partial charge in [-0.25, -0.2) is 0 Å². The normalized spacial score (nSPS) is 13.6. The molecule has 0 aromatic carbocycles. The minimum Gasteiger partial charge on any atom is -0.388 e. The fraction of sp³-hybridized carbons (Fsp3) is 0.697. The first-order chi connectivity index (χ1) is 17.5. The average Bonchev–Trinajstić information content (AvgIpc) is 3.06. The molecular weight excluding hydrogens is 456 g/mol. The van der Waals surface area contributed by atoms with Gasteiger partial charge in [-0.15, -0.1) is 11.8 Å². The quantitative estimate of drug-likeness (QED) is 0.105. The molecule has 0 spiro atoms. The highest BCUT2D eigenvalue weighted by molar-refractivity contribution is 8.03. The summed E-state index contributed by atoms with van der Waals surface area (Å²) in [5.41, 5.74) is 4.22. The molecule has 0 aliphatic heterocycles. The lowest BCUT2D eigenvalue weighted by atomic mass is 10.0. The van der Waals surface area contributed by atoms with Gasteiger partial charge in [0.05, 0.1) is 0 Å². The van der Waals surface area contributed by atoms with Gasteiger partial charge in [-0.05, 0) is 29.4 Å². The summed E-state index contributed by atoms with van der Waals surface area (Å²) < 4.78 is 0. The van der Waals surface area contributed by atoms with Crippen molar-refractivity contribution in [3.8, 4) is 0 Å². The van der Waals surface area contributed by atoms with E-state index in [2.05, 4.69) is 62.8 Å². The standard InChI is InChI=1S/C33H58N2S/c1-7-8-9-10-11-12-13-14-15-16-17-18-19-20-21-22-27-35-30(5)29(4)32-25-23-31(36-28(2)3)24-26-33(32)34-6/h24-26,28,34-35H,4-5,7-23,27H2,1-3,6H3. The lowest BCUT2D eigenvalue weighted by molar-refractivity contribution is 0.528. The maximum atomic E-state index is 4.36. The molecule has 0 heterocycles. The number of hydrogen-bond acceptors (Lipinski definition) is 3. The summed E-state index contributed by atoms with van der Waals surface area (Å²) in [7, 11) is 1.98. The first-order valence-electron chi connectivity index (χ1n) is 15.1. The lowest BCUT2D eigenvalue weighted by Crippen LogP contribution is -2.18. The average molecular weight is 515 g/mol. The van der Waals surface area contributed by atoms with Crippen molar-refractivity contribution in [2.75, 3.05) is 13.6 Å². The van der Waals surface area contributed by atoms with Gasteiger partial charge in [0.25, 0.3) is 0 Å². The molecule has 2 nitrogen and oxygen atoms in total. The van der Waals surface area contributed by atoms with Gasteiger partial charge in [0.15, 0.2) is 0 Å². The van der Waals surface area contributed by atoms with Crippen LogP contribution in [0.1, 0.15) is 130 Å². The fourth-order valence-corrected chi connectivity index (χ4v) is 5.65. The minimum atomic E-state index is 0.595. The number of hydrogen-bond donors (Lipinski definition) is 2. The molecule has 0 saturated heterocycles. The molecule has 0 aromatic rings. The second kappa shape index (κ2) is 21.7. The highest BCUT2D eigenvalue weighted by Gasteiger charge is 2.14. The molecule has 36 heavy (non-hydrogen) atoms. The molecule has 0 fully saturated rings. The minimum absolute atomic E-state index is 0.595. The van der Waals surface area contributed by atoms with Gasteiger partial charge in [0.2, 0.25) is 0 Å². The summed E-state index contributed by atoms with van der Waals surface area (Å²) in [6.07, 6.45) is 30.1. The topological polar surface area (TPSA) is 24.1 Å². The van der Waals surface area contributed by atoms with E-state index >= 15 is 0 Å². The molecule has 0 radical (unpaired) electrons. The Kier molecular flexibility index (Phi) is 19.7. The Hall–Kier alpha value is -1.35. The first-order valence-corrected chi connectivity index (χ1v) is 16.0. The molecule has 0 amide bonds. The number of likely N-dealkylation sites (N-methyl/N-ethyl adjacent to an activating group) is 1. The zero-order valence-corrected chi connectivity index (χ0v) is 25.2. The Labute approximate surface area is 229 Å². The third-order valence-electron chi connectivity index (χ3n) is 6.95. The van der Waals surface area contributed by atoms with E-state index in [1.54, 1.807) is 0 Å². The highest BCUT2D eigenvalue weighted by Crippen LogP contribution is 2.31. The van der Waals surface area contributed by atoms with E-state index in [0.29, 0.717) is 5.25 Å². The SMILES string of the molecule is C=C(NCCCCCCCCCCCCCCCCCC)C(=C)C1=CCC(SC(C)C)=CC=C1NC. The summed E-state index contributed by atoms with van der Waals surface area (Å²) >= 11 is 1.93. The van der Waals surface area contributed by atoms with Crippen LogP contribution in [-0.4, -0.2) is 18.8 Å². The molecule has 1 aliphatic carbocycles. The number of rotatable bonds is 23. The van der Waals surface area contributed by atoms with Crippen molar-refractivity contribution in [1.29, 1.82) is 0 Å². The Morgan fingerprint density at radius 2 is 1.31 bits per heavy atom. The molecule has 1 rings (SSSR count). The Bertz CT molecular complexity index is 698.